The molecule has 2 N–H and O–H groups in total. The zero-order chi connectivity index (χ0) is 20.1. The van der Waals surface area contributed by atoms with Gasteiger partial charge in [-0.25, -0.2) is 4.98 Å². The highest BCUT2D eigenvalue weighted by Crippen LogP contribution is 2.26. The summed E-state index contributed by atoms with van der Waals surface area (Å²) in [6.45, 7) is 2.90. The van der Waals surface area contributed by atoms with E-state index >= 15 is 0 Å². The van der Waals surface area contributed by atoms with Crippen molar-refractivity contribution in [3.8, 4) is 22.4 Å². The van der Waals surface area contributed by atoms with Crippen LogP contribution in [0.5, 0.6) is 0 Å². The quantitative estimate of drug-likeness (QED) is 0.408. The van der Waals surface area contributed by atoms with Gasteiger partial charge in [0.05, 0.1) is 5.69 Å². The third-order valence-electron chi connectivity index (χ3n) is 4.52. The van der Waals surface area contributed by atoms with E-state index in [2.05, 4.69) is 27.8 Å². The van der Waals surface area contributed by atoms with E-state index < -0.39 is 0 Å². The first-order chi connectivity index (χ1) is 14.2. The molecule has 0 atom stereocenters. The van der Waals surface area contributed by atoms with E-state index in [0.29, 0.717) is 5.56 Å². The van der Waals surface area contributed by atoms with Gasteiger partial charge in [-0.1, -0.05) is 54.6 Å². The summed E-state index contributed by atoms with van der Waals surface area (Å²) in [5, 5.41) is 9.11. The largest absolute Gasteiger partial charge is 0.362 e. The predicted octanol–water partition coefficient (Wildman–Crippen LogP) is 6.16. The zero-order valence-corrected chi connectivity index (χ0v) is 16.9. The third-order valence-corrected chi connectivity index (χ3v) is 5.32. The Labute approximate surface area is 174 Å². The molecule has 1 amide bonds. The number of carbonyl (C=O) groups is 1. The zero-order valence-electron chi connectivity index (χ0n) is 16.1. The highest BCUT2D eigenvalue weighted by Gasteiger charge is 2.08. The van der Waals surface area contributed by atoms with Gasteiger partial charge in [0.25, 0.3) is 5.91 Å². The molecule has 0 aliphatic heterocycles. The van der Waals surface area contributed by atoms with Crippen LogP contribution in [-0.4, -0.2) is 17.4 Å². The normalized spacial score (nSPS) is 10.5. The first-order valence-electron chi connectivity index (χ1n) is 9.49. The molecule has 0 aliphatic carbocycles. The number of nitrogens with one attached hydrogen (secondary N) is 2. The van der Waals surface area contributed by atoms with Gasteiger partial charge in [0.1, 0.15) is 0 Å². The highest BCUT2D eigenvalue weighted by molar-refractivity contribution is 7.14. The number of aromatic nitrogens is 1. The topological polar surface area (TPSA) is 54.0 Å². The molecule has 5 heteroatoms. The van der Waals surface area contributed by atoms with E-state index in [0.717, 1.165) is 39.7 Å². The van der Waals surface area contributed by atoms with Crippen LogP contribution >= 0.6 is 11.3 Å². The fourth-order valence-corrected chi connectivity index (χ4v) is 3.80. The molecule has 0 spiro atoms. The molecule has 0 saturated heterocycles. The van der Waals surface area contributed by atoms with Gasteiger partial charge < -0.3 is 10.6 Å². The van der Waals surface area contributed by atoms with Crippen LogP contribution < -0.4 is 10.6 Å². The van der Waals surface area contributed by atoms with Gasteiger partial charge in [0.15, 0.2) is 5.13 Å². The summed E-state index contributed by atoms with van der Waals surface area (Å²) in [7, 11) is 0. The number of rotatable bonds is 6. The molecule has 0 aliphatic rings. The maximum absolute atomic E-state index is 12.6. The Morgan fingerprint density at radius 3 is 2.21 bits per heavy atom. The molecular weight excluding hydrogens is 378 g/mol. The van der Waals surface area contributed by atoms with Gasteiger partial charge in [-0.2, -0.15) is 0 Å². The van der Waals surface area contributed by atoms with Gasteiger partial charge in [0.2, 0.25) is 0 Å². The maximum Gasteiger partial charge on any atom is 0.255 e. The van der Waals surface area contributed by atoms with Gasteiger partial charge in [0, 0.05) is 28.7 Å². The Hall–Kier alpha value is -3.44. The molecule has 4 nitrogen and oxygen atoms in total. The third kappa shape index (κ3) is 4.52. The lowest BCUT2D eigenvalue weighted by Crippen LogP contribution is -2.11. The van der Waals surface area contributed by atoms with Crippen molar-refractivity contribution in [3.63, 3.8) is 0 Å². The molecule has 4 aromatic rings. The van der Waals surface area contributed by atoms with Crippen LogP contribution in [0.4, 0.5) is 10.8 Å². The number of amides is 1. The van der Waals surface area contributed by atoms with E-state index in [1.54, 1.807) is 11.3 Å². The monoisotopic (exact) mass is 399 g/mol. The number of hydrogen-bond donors (Lipinski definition) is 2. The summed E-state index contributed by atoms with van der Waals surface area (Å²) >= 11 is 1.59. The van der Waals surface area contributed by atoms with Crippen LogP contribution in [0.15, 0.2) is 84.2 Å². The average molecular weight is 400 g/mol. The van der Waals surface area contributed by atoms with Crippen LogP contribution in [0.1, 0.15) is 17.3 Å². The second-order valence-corrected chi connectivity index (χ2v) is 7.40. The van der Waals surface area contributed by atoms with Crippen LogP contribution in [-0.2, 0) is 0 Å². The van der Waals surface area contributed by atoms with Gasteiger partial charge in [-0.3, -0.25) is 4.79 Å². The molecule has 144 valence electrons. The van der Waals surface area contributed by atoms with Crippen LogP contribution in [0.2, 0.25) is 0 Å². The van der Waals surface area contributed by atoms with Crippen molar-refractivity contribution >= 4 is 28.1 Å². The molecule has 29 heavy (non-hydrogen) atoms. The standard InChI is InChI=1S/C24H21N3OS/c1-2-25-24-27-22(16-29-24)19-12-14-21(15-13-19)26-23(28)20-10-8-18(9-11-20)17-6-4-3-5-7-17/h3-16H,2H2,1H3,(H,25,27)(H,26,28). The number of nitrogens with zero attached hydrogens (tertiary/aromatic N) is 1. The highest BCUT2D eigenvalue weighted by atomic mass is 32.1. The minimum absolute atomic E-state index is 0.125. The Morgan fingerprint density at radius 1 is 0.862 bits per heavy atom. The SMILES string of the molecule is CCNc1nc(-c2ccc(NC(=O)c3ccc(-c4ccccc4)cc3)cc2)cs1. The molecule has 4 rings (SSSR count). The van der Waals surface area contributed by atoms with E-state index in [-0.39, 0.29) is 5.91 Å². The Kier molecular flexibility index (Phi) is 5.68. The van der Waals surface area contributed by atoms with E-state index in [1.807, 2.05) is 79.0 Å². The van der Waals surface area contributed by atoms with Crippen molar-refractivity contribution in [2.24, 2.45) is 0 Å². The summed E-state index contributed by atoms with van der Waals surface area (Å²) in [4.78, 5) is 17.1. The van der Waals surface area contributed by atoms with Gasteiger partial charge in [-0.05, 0) is 42.3 Å². The lowest BCUT2D eigenvalue weighted by atomic mass is 10.0. The van der Waals surface area contributed by atoms with Gasteiger partial charge in [-0.15, -0.1) is 11.3 Å². The average Bonchev–Trinajstić information content (AvgIpc) is 3.24. The lowest BCUT2D eigenvalue weighted by Gasteiger charge is -2.07. The molecule has 0 bridgehead atoms. The molecule has 0 saturated carbocycles. The fourth-order valence-electron chi connectivity index (χ4n) is 3.01. The number of carbonyl (C=O) groups excluding carboxylic acids is 1. The van der Waals surface area contributed by atoms with Crippen molar-refractivity contribution < 1.29 is 4.79 Å². The van der Waals surface area contributed by atoms with Crippen molar-refractivity contribution in [2.45, 2.75) is 6.92 Å². The summed E-state index contributed by atoms with van der Waals surface area (Å²) < 4.78 is 0. The summed E-state index contributed by atoms with van der Waals surface area (Å²) in [5.41, 5.74) is 5.56. The van der Waals surface area contributed by atoms with Crippen LogP contribution in [0.25, 0.3) is 22.4 Å². The Morgan fingerprint density at radius 2 is 1.52 bits per heavy atom. The van der Waals surface area contributed by atoms with Crippen molar-refractivity contribution in [3.05, 3.63) is 89.8 Å². The van der Waals surface area contributed by atoms with E-state index in [1.165, 1.54) is 0 Å². The van der Waals surface area contributed by atoms with Crippen LogP contribution in [0, 0.1) is 0 Å². The van der Waals surface area contributed by atoms with Crippen LogP contribution in [0.3, 0.4) is 0 Å². The summed E-state index contributed by atoms with van der Waals surface area (Å²) in [6, 6.07) is 25.5. The van der Waals surface area contributed by atoms with Crippen molar-refractivity contribution in [1.29, 1.82) is 0 Å². The second kappa shape index (κ2) is 8.71. The van der Waals surface area contributed by atoms with E-state index in [9.17, 15) is 4.79 Å². The van der Waals surface area contributed by atoms with Crippen molar-refractivity contribution in [1.82, 2.24) is 4.98 Å². The molecule has 1 aromatic heterocycles. The number of hydrogen-bond acceptors (Lipinski definition) is 4. The van der Waals surface area contributed by atoms with Crippen molar-refractivity contribution in [2.75, 3.05) is 17.2 Å². The first-order valence-corrected chi connectivity index (χ1v) is 10.4. The number of anilines is 2. The molecule has 0 radical (unpaired) electrons. The minimum Gasteiger partial charge on any atom is -0.362 e. The Balaban J connectivity index is 1.43. The molecule has 3 aromatic carbocycles. The molecule has 0 unspecified atom stereocenters. The Bertz CT molecular complexity index is 1090. The maximum atomic E-state index is 12.6. The van der Waals surface area contributed by atoms with E-state index in [4.69, 9.17) is 0 Å². The number of thiazole rings is 1. The first kappa shape index (κ1) is 18.9. The molecular formula is C24H21N3OS. The predicted molar refractivity (Wildman–Crippen MR) is 122 cm³/mol. The number of benzene rings is 3. The molecule has 0 fully saturated rings. The summed E-state index contributed by atoms with van der Waals surface area (Å²) in [6.07, 6.45) is 0. The smallest absolute Gasteiger partial charge is 0.255 e. The second-order valence-electron chi connectivity index (χ2n) is 6.54. The van der Waals surface area contributed by atoms with Gasteiger partial charge >= 0.3 is 0 Å². The summed E-state index contributed by atoms with van der Waals surface area (Å²) in [5.74, 6) is -0.125. The fraction of sp³-hybridized carbons (Fsp3) is 0.0833. The lowest BCUT2D eigenvalue weighted by molar-refractivity contribution is 0.102. The minimum atomic E-state index is -0.125. The molecule has 1 heterocycles.